The van der Waals surface area contributed by atoms with Crippen molar-refractivity contribution in [1.29, 1.82) is 0 Å². The van der Waals surface area contributed by atoms with Gasteiger partial charge in [-0.1, -0.05) is 11.2 Å². The number of benzene rings is 1. The highest BCUT2D eigenvalue weighted by Crippen LogP contribution is 2.17. The predicted molar refractivity (Wildman–Crippen MR) is 40.6 cm³/mol. The van der Waals surface area contributed by atoms with E-state index in [4.69, 9.17) is 5.53 Å². The number of azide groups is 1. The van der Waals surface area contributed by atoms with Crippen molar-refractivity contribution < 1.29 is 9.18 Å². The van der Waals surface area contributed by atoms with Crippen molar-refractivity contribution in [3.8, 4) is 0 Å². The Balaban J connectivity index is 3.19. The lowest BCUT2D eigenvalue weighted by molar-refractivity contribution is 0.112. The van der Waals surface area contributed by atoms with Gasteiger partial charge in [-0.25, -0.2) is 4.39 Å². The average Bonchev–Trinajstić information content (AvgIpc) is 2.09. The first-order valence-electron chi connectivity index (χ1n) is 3.08. The van der Waals surface area contributed by atoms with Gasteiger partial charge in [-0.2, -0.15) is 0 Å². The molecule has 0 fully saturated rings. The van der Waals surface area contributed by atoms with E-state index in [2.05, 4.69) is 10.0 Å². The van der Waals surface area contributed by atoms with Crippen molar-refractivity contribution in [1.82, 2.24) is 0 Å². The van der Waals surface area contributed by atoms with Gasteiger partial charge in [0.05, 0.1) is 5.69 Å². The van der Waals surface area contributed by atoms with E-state index >= 15 is 0 Å². The molecule has 0 aliphatic heterocycles. The normalized spacial score (nSPS) is 8.75. The summed E-state index contributed by atoms with van der Waals surface area (Å²) in [4.78, 5) is 12.6. The van der Waals surface area contributed by atoms with Gasteiger partial charge in [-0.15, -0.1) is 0 Å². The molecule has 0 N–H and O–H groups in total. The summed E-state index contributed by atoms with van der Waals surface area (Å²) in [6.07, 6.45) is 0.517. The molecule has 0 spiro atoms. The Kier molecular flexibility index (Phi) is 2.40. The Morgan fingerprint density at radius 1 is 1.58 bits per heavy atom. The van der Waals surface area contributed by atoms with Crippen molar-refractivity contribution in [2.24, 2.45) is 5.11 Å². The monoisotopic (exact) mass is 165 g/mol. The van der Waals surface area contributed by atoms with Gasteiger partial charge in [0.2, 0.25) is 0 Å². The average molecular weight is 165 g/mol. The molecular weight excluding hydrogens is 161 g/mol. The Labute approximate surface area is 67.3 Å². The smallest absolute Gasteiger partial charge is 0.150 e. The van der Waals surface area contributed by atoms with Crippen LogP contribution in [-0.4, -0.2) is 6.29 Å². The third-order valence-corrected chi connectivity index (χ3v) is 1.26. The van der Waals surface area contributed by atoms with Gasteiger partial charge in [0.15, 0.2) is 0 Å². The Hall–Kier alpha value is -1.87. The fraction of sp³-hybridized carbons (Fsp3) is 0. The summed E-state index contributed by atoms with van der Waals surface area (Å²) in [7, 11) is 0. The molecule has 0 amide bonds. The second-order valence-electron chi connectivity index (χ2n) is 2.02. The van der Waals surface area contributed by atoms with Gasteiger partial charge in [0.25, 0.3) is 0 Å². The SMILES string of the molecule is [N-]=[N+]=Nc1ccc(C=O)cc1F. The summed E-state index contributed by atoms with van der Waals surface area (Å²) < 4.78 is 12.8. The first kappa shape index (κ1) is 8.23. The summed E-state index contributed by atoms with van der Waals surface area (Å²) in [6, 6.07) is 3.63. The van der Waals surface area contributed by atoms with Crippen LogP contribution in [0, 0.1) is 5.82 Å². The second-order valence-corrected chi connectivity index (χ2v) is 2.02. The minimum atomic E-state index is -0.697. The quantitative estimate of drug-likeness (QED) is 0.287. The van der Waals surface area contributed by atoms with E-state index in [-0.39, 0.29) is 11.3 Å². The van der Waals surface area contributed by atoms with Crippen LogP contribution in [0.3, 0.4) is 0 Å². The maximum Gasteiger partial charge on any atom is 0.150 e. The van der Waals surface area contributed by atoms with E-state index in [1.807, 2.05) is 0 Å². The zero-order chi connectivity index (χ0) is 8.97. The summed E-state index contributed by atoms with van der Waals surface area (Å²) in [5.74, 6) is -0.697. The van der Waals surface area contributed by atoms with E-state index < -0.39 is 5.82 Å². The highest BCUT2D eigenvalue weighted by molar-refractivity contribution is 5.75. The topological polar surface area (TPSA) is 65.8 Å². The summed E-state index contributed by atoms with van der Waals surface area (Å²) in [5, 5.41) is 3.07. The lowest BCUT2D eigenvalue weighted by Crippen LogP contribution is -1.81. The number of rotatable bonds is 2. The number of nitrogens with zero attached hydrogens (tertiary/aromatic N) is 3. The molecule has 0 atom stereocenters. The number of carbonyl (C=O) groups is 1. The van der Waals surface area contributed by atoms with E-state index in [0.29, 0.717) is 6.29 Å². The second kappa shape index (κ2) is 3.50. The van der Waals surface area contributed by atoms with Gasteiger partial charge in [-0.3, -0.25) is 4.79 Å². The van der Waals surface area contributed by atoms with E-state index in [0.717, 1.165) is 6.07 Å². The Morgan fingerprint density at radius 3 is 2.83 bits per heavy atom. The molecule has 0 radical (unpaired) electrons. The molecule has 0 unspecified atom stereocenters. The van der Waals surface area contributed by atoms with Crippen molar-refractivity contribution in [3.63, 3.8) is 0 Å². The van der Waals surface area contributed by atoms with Crippen molar-refractivity contribution in [3.05, 3.63) is 40.0 Å². The highest BCUT2D eigenvalue weighted by atomic mass is 19.1. The number of carbonyl (C=O) groups excluding carboxylic acids is 1. The molecule has 1 rings (SSSR count). The molecule has 0 aliphatic carbocycles. The molecule has 1 aromatic rings. The molecule has 12 heavy (non-hydrogen) atoms. The minimum Gasteiger partial charge on any atom is -0.298 e. The summed E-state index contributed by atoms with van der Waals surface area (Å²) in [5.41, 5.74) is 8.10. The van der Waals surface area contributed by atoms with Crippen LogP contribution in [0.25, 0.3) is 10.4 Å². The van der Waals surface area contributed by atoms with Gasteiger partial charge < -0.3 is 0 Å². The summed E-state index contributed by atoms with van der Waals surface area (Å²) >= 11 is 0. The van der Waals surface area contributed by atoms with Gasteiger partial charge >= 0.3 is 0 Å². The fourth-order valence-electron chi connectivity index (χ4n) is 0.726. The van der Waals surface area contributed by atoms with Crippen LogP contribution in [0.1, 0.15) is 10.4 Å². The minimum absolute atomic E-state index is 0.108. The predicted octanol–water partition coefficient (Wildman–Crippen LogP) is 2.58. The van der Waals surface area contributed by atoms with Gasteiger partial charge in [0, 0.05) is 10.5 Å². The van der Waals surface area contributed by atoms with Crippen molar-refractivity contribution in [2.75, 3.05) is 0 Å². The zero-order valence-electron chi connectivity index (χ0n) is 5.94. The third-order valence-electron chi connectivity index (χ3n) is 1.26. The highest BCUT2D eigenvalue weighted by Gasteiger charge is 1.99. The molecule has 0 bridgehead atoms. The first-order chi connectivity index (χ1) is 5.77. The number of hydrogen-bond acceptors (Lipinski definition) is 2. The van der Waals surface area contributed by atoms with Crippen LogP contribution < -0.4 is 0 Å². The maximum atomic E-state index is 12.8. The standard InChI is InChI=1S/C7H4FN3O/c8-6-3-5(4-12)1-2-7(6)10-11-9/h1-4H. The number of hydrogen-bond donors (Lipinski definition) is 0. The molecule has 5 heteroatoms. The van der Waals surface area contributed by atoms with Crippen LogP contribution in [0.4, 0.5) is 10.1 Å². The molecule has 0 saturated heterocycles. The zero-order valence-corrected chi connectivity index (χ0v) is 5.94. The third kappa shape index (κ3) is 1.59. The van der Waals surface area contributed by atoms with Crippen LogP contribution in [-0.2, 0) is 0 Å². The van der Waals surface area contributed by atoms with E-state index in [9.17, 15) is 9.18 Å². The van der Waals surface area contributed by atoms with E-state index in [1.165, 1.54) is 12.1 Å². The van der Waals surface area contributed by atoms with Crippen molar-refractivity contribution >= 4 is 12.0 Å². The van der Waals surface area contributed by atoms with Gasteiger partial charge in [-0.05, 0) is 17.7 Å². The molecule has 60 valence electrons. The van der Waals surface area contributed by atoms with Crippen LogP contribution in [0.15, 0.2) is 23.3 Å². The molecule has 0 heterocycles. The molecule has 0 aliphatic rings. The fourth-order valence-corrected chi connectivity index (χ4v) is 0.726. The molecule has 1 aromatic carbocycles. The molecular formula is C7H4FN3O. The Morgan fingerprint density at radius 2 is 2.33 bits per heavy atom. The summed E-state index contributed by atoms with van der Waals surface area (Å²) in [6.45, 7) is 0. The Bertz CT molecular complexity index is 358. The number of halogens is 1. The van der Waals surface area contributed by atoms with E-state index in [1.54, 1.807) is 0 Å². The molecule has 0 aromatic heterocycles. The van der Waals surface area contributed by atoms with Crippen molar-refractivity contribution in [2.45, 2.75) is 0 Å². The molecule has 0 saturated carbocycles. The lowest BCUT2D eigenvalue weighted by atomic mass is 10.2. The maximum absolute atomic E-state index is 12.8. The van der Waals surface area contributed by atoms with Crippen LogP contribution in [0.5, 0.6) is 0 Å². The lowest BCUT2D eigenvalue weighted by Gasteiger charge is -1.94. The molecule has 4 nitrogen and oxygen atoms in total. The van der Waals surface area contributed by atoms with Crippen LogP contribution >= 0.6 is 0 Å². The van der Waals surface area contributed by atoms with Gasteiger partial charge in [0.1, 0.15) is 12.1 Å². The first-order valence-corrected chi connectivity index (χ1v) is 3.08. The van der Waals surface area contributed by atoms with Crippen LogP contribution in [0.2, 0.25) is 0 Å². The largest absolute Gasteiger partial charge is 0.298 e. The number of aldehydes is 1.